The van der Waals surface area contributed by atoms with Gasteiger partial charge >= 0.3 is 5.69 Å². The number of thiazole rings is 1. The summed E-state index contributed by atoms with van der Waals surface area (Å²) in [5.41, 5.74) is 1.34. The zero-order chi connectivity index (χ0) is 17.8. The van der Waals surface area contributed by atoms with Crippen molar-refractivity contribution in [3.63, 3.8) is 0 Å². The molecule has 0 unspecified atom stereocenters. The number of aromatic nitrogens is 3. The van der Waals surface area contributed by atoms with Crippen LogP contribution in [0.4, 0.5) is 0 Å². The molecule has 1 aliphatic rings. The molecule has 0 spiro atoms. The molecule has 1 aliphatic carbocycles. The normalized spacial score (nSPS) is 15.6. The first-order valence-corrected chi connectivity index (χ1v) is 9.85. The summed E-state index contributed by atoms with van der Waals surface area (Å²) >= 11 is 1.74. The Kier molecular flexibility index (Phi) is 5.86. The smallest absolute Gasteiger partial charge is 0.312 e. The monoisotopic (exact) mass is 362 g/mol. The lowest BCUT2D eigenvalue weighted by atomic mass is 9.87. The molecular weight excluding hydrogens is 336 g/mol. The van der Waals surface area contributed by atoms with E-state index in [1.165, 1.54) is 49.4 Å². The van der Waals surface area contributed by atoms with Gasteiger partial charge in [0.25, 0.3) is 5.56 Å². The minimum Gasteiger partial charge on any atom is -0.312 e. The molecule has 0 aromatic carbocycles. The summed E-state index contributed by atoms with van der Waals surface area (Å²) in [6.07, 6.45) is 9.05. The molecule has 6 nitrogen and oxygen atoms in total. The van der Waals surface area contributed by atoms with Crippen molar-refractivity contribution in [1.29, 1.82) is 0 Å². The molecule has 2 heterocycles. The predicted molar refractivity (Wildman–Crippen MR) is 100 cm³/mol. The topological polar surface area (TPSA) is 68.9 Å². The van der Waals surface area contributed by atoms with Gasteiger partial charge in [0, 0.05) is 56.7 Å². The van der Waals surface area contributed by atoms with Gasteiger partial charge in [-0.25, -0.2) is 9.78 Å². The van der Waals surface area contributed by atoms with Crippen LogP contribution >= 0.6 is 11.3 Å². The lowest BCUT2D eigenvalue weighted by Gasteiger charge is -2.19. The Hall–Kier alpha value is -1.73. The maximum atomic E-state index is 12.1. The van der Waals surface area contributed by atoms with Gasteiger partial charge in [0.1, 0.15) is 0 Å². The molecular formula is C18H26N4O2S. The van der Waals surface area contributed by atoms with Gasteiger partial charge in [-0.2, -0.15) is 0 Å². The molecule has 7 heteroatoms. The van der Waals surface area contributed by atoms with Crippen LogP contribution in [-0.4, -0.2) is 20.7 Å². The van der Waals surface area contributed by atoms with Crippen molar-refractivity contribution in [2.24, 2.45) is 14.1 Å². The van der Waals surface area contributed by atoms with E-state index in [4.69, 9.17) is 4.98 Å². The molecule has 1 fully saturated rings. The minimum atomic E-state index is -0.299. The van der Waals surface area contributed by atoms with E-state index in [1.807, 2.05) is 0 Å². The molecule has 0 bridgehead atoms. The molecule has 0 radical (unpaired) electrons. The summed E-state index contributed by atoms with van der Waals surface area (Å²) in [5, 5.41) is 6.66. The van der Waals surface area contributed by atoms with Gasteiger partial charge in [-0.3, -0.25) is 9.36 Å². The summed E-state index contributed by atoms with van der Waals surface area (Å²) < 4.78 is 2.59. The van der Waals surface area contributed by atoms with Crippen LogP contribution in [0, 0.1) is 0 Å². The number of hydrogen-bond acceptors (Lipinski definition) is 5. The first-order chi connectivity index (χ1) is 12.1. The van der Waals surface area contributed by atoms with Crippen molar-refractivity contribution in [3.8, 4) is 0 Å². The largest absolute Gasteiger partial charge is 0.330 e. The fourth-order valence-electron chi connectivity index (χ4n) is 3.45. The van der Waals surface area contributed by atoms with Crippen molar-refractivity contribution in [3.05, 3.63) is 48.7 Å². The van der Waals surface area contributed by atoms with Crippen LogP contribution < -0.4 is 16.6 Å². The van der Waals surface area contributed by atoms with E-state index in [1.54, 1.807) is 24.6 Å². The molecule has 25 heavy (non-hydrogen) atoms. The Balaban J connectivity index is 1.51. The first-order valence-electron chi connectivity index (χ1n) is 8.97. The fourth-order valence-corrected chi connectivity index (χ4v) is 4.33. The van der Waals surface area contributed by atoms with Gasteiger partial charge in [-0.1, -0.05) is 19.3 Å². The number of nitrogens with one attached hydrogen (secondary N) is 1. The Labute approximate surface area is 151 Å². The molecule has 0 saturated heterocycles. The van der Waals surface area contributed by atoms with Crippen LogP contribution in [-0.2, 0) is 27.1 Å². The highest BCUT2D eigenvalue weighted by Gasteiger charge is 2.18. The van der Waals surface area contributed by atoms with E-state index in [2.05, 4.69) is 10.7 Å². The molecule has 0 atom stereocenters. The molecule has 1 saturated carbocycles. The standard InChI is InChI=1S/C18H26N4O2S/c1-21-11-14(17(23)22(2)18(21)24)10-19-9-8-16-20-15(12-25-16)13-6-4-3-5-7-13/h11-13,19H,3-10H2,1-2H3. The average molecular weight is 362 g/mol. The first kappa shape index (κ1) is 18.1. The van der Waals surface area contributed by atoms with Crippen LogP contribution in [0.25, 0.3) is 0 Å². The zero-order valence-electron chi connectivity index (χ0n) is 15.0. The molecule has 1 N–H and O–H groups in total. The predicted octanol–water partition coefficient (Wildman–Crippen LogP) is 1.92. The maximum absolute atomic E-state index is 12.1. The van der Waals surface area contributed by atoms with Crippen LogP contribution in [0.2, 0.25) is 0 Å². The summed E-state index contributed by atoms with van der Waals surface area (Å²) in [4.78, 5) is 28.6. The highest BCUT2D eigenvalue weighted by atomic mass is 32.1. The molecule has 0 amide bonds. The summed E-state index contributed by atoms with van der Waals surface area (Å²) in [6, 6.07) is 0. The average Bonchev–Trinajstić information content (AvgIpc) is 3.10. The second kappa shape index (κ2) is 8.10. The second-order valence-electron chi connectivity index (χ2n) is 6.84. The summed E-state index contributed by atoms with van der Waals surface area (Å²) in [5.74, 6) is 0.653. The van der Waals surface area contributed by atoms with E-state index < -0.39 is 0 Å². The number of rotatable bonds is 6. The lowest BCUT2D eigenvalue weighted by molar-refractivity contribution is 0.437. The van der Waals surface area contributed by atoms with Gasteiger partial charge in [-0.05, 0) is 12.8 Å². The second-order valence-corrected chi connectivity index (χ2v) is 7.78. The molecule has 3 rings (SSSR count). The number of aryl methyl sites for hydroxylation is 1. The van der Waals surface area contributed by atoms with Crippen molar-refractivity contribution >= 4 is 11.3 Å². The van der Waals surface area contributed by atoms with Gasteiger partial charge in [-0.15, -0.1) is 11.3 Å². The van der Waals surface area contributed by atoms with Crippen LogP contribution in [0.1, 0.15) is 54.3 Å². The molecule has 136 valence electrons. The maximum Gasteiger partial charge on any atom is 0.330 e. The summed E-state index contributed by atoms with van der Waals surface area (Å²) in [7, 11) is 3.17. The third-order valence-electron chi connectivity index (χ3n) is 4.94. The summed E-state index contributed by atoms with van der Waals surface area (Å²) in [6.45, 7) is 1.23. The molecule has 2 aromatic rings. The lowest BCUT2D eigenvalue weighted by Crippen LogP contribution is -2.39. The Morgan fingerprint density at radius 2 is 2.00 bits per heavy atom. The van der Waals surface area contributed by atoms with E-state index in [-0.39, 0.29) is 11.2 Å². The van der Waals surface area contributed by atoms with Crippen LogP contribution in [0.15, 0.2) is 21.2 Å². The third-order valence-corrected chi connectivity index (χ3v) is 5.87. The Morgan fingerprint density at radius 1 is 1.24 bits per heavy atom. The number of hydrogen-bond donors (Lipinski definition) is 1. The van der Waals surface area contributed by atoms with Gasteiger partial charge in [0.05, 0.1) is 10.7 Å². The van der Waals surface area contributed by atoms with Gasteiger partial charge < -0.3 is 9.88 Å². The van der Waals surface area contributed by atoms with E-state index in [0.29, 0.717) is 18.0 Å². The minimum absolute atomic E-state index is 0.232. The van der Waals surface area contributed by atoms with Gasteiger partial charge in [0.2, 0.25) is 0 Å². The van der Waals surface area contributed by atoms with Crippen molar-refractivity contribution in [2.75, 3.05) is 6.54 Å². The van der Waals surface area contributed by atoms with E-state index >= 15 is 0 Å². The highest BCUT2D eigenvalue weighted by Crippen LogP contribution is 2.33. The SMILES string of the molecule is Cn1cc(CNCCc2nc(C3CCCCC3)cs2)c(=O)n(C)c1=O. The quantitative estimate of drug-likeness (QED) is 0.797. The molecule has 0 aliphatic heterocycles. The van der Waals surface area contributed by atoms with Crippen molar-refractivity contribution in [1.82, 2.24) is 19.4 Å². The molecule has 2 aromatic heterocycles. The van der Waals surface area contributed by atoms with Crippen molar-refractivity contribution in [2.45, 2.75) is 51.0 Å². The van der Waals surface area contributed by atoms with E-state index in [0.717, 1.165) is 22.5 Å². The fraction of sp³-hybridized carbons (Fsp3) is 0.611. The number of nitrogens with zero attached hydrogens (tertiary/aromatic N) is 3. The van der Waals surface area contributed by atoms with E-state index in [9.17, 15) is 9.59 Å². The highest BCUT2D eigenvalue weighted by molar-refractivity contribution is 7.09. The van der Waals surface area contributed by atoms with Crippen LogP contribution in [0.3, 0.4) is 0 Å². The van der Waals surface area contributed by atoms with Gasteiger partial charge in [0.15, 0.2) is 0 Å². The zero-order valence-corrected chi connectivity index (χ0v) is 15.8. The van der Waals surface area contributed by atoms with Crippen LogP contribution in [0.5, 0.6) is 0 Å². The third kappa shape index (κ3) is 4.27. The Bertz CT molecular complexity index is 830. The Morgan fingerprint density at radius 3 is 2.76 bits per heavy atom. The van der Waals surface area contributed by atoms with Crippen molar-refractivity contribution < 1.29 is 0 Å².